The Morgan fingerprint density at radius 3 is 2.53 bits per heavy atom. The Morgan fingerprint density at radius 1 is 0.767 bits per heavy atom. The van der Waals surface area contributed by atoms with Gasteiger partial charge in [0.25, 0.3) is 0 Å². The fraction of sp³-hybridized carbons (Fsp3) is 0.160. The van der Waals surface area contributed by atoms with E-state index in [1.54, 1.807) is 14.2 Å². The Morgan fingerprint density at radius 2 is 1.67 bits per heavy atom. The molecule has 0 bridgehead atoms. The summed E-state index contributed by atoms with van der Waals surface area (Å²) in [5.41, 5.74) is 4.27. The molecule has 2 N–H and O–H groups in total. The van der Waals surface area contributed by atoms with Crippen molar-refractivity contribution in [2.24, 2.45) is 0 Å². The highest BCUT2D eigenvalue weighted by Gasteiger charge is 2.04. The normalized spacial score (nSPS) is 10.6. The molecule has 30 heavy (non-hydrogen) atoms. The minimum absolute atomic E-state index is 0.655. The highest BCUT2D eigenvalue weighted by Crippen LogP contribution is 2.22. The summed E-state index contributed by atoms with van der Waals surface area (Å²) >= 11 is 0. The molecule has 5 heteroatoms. The van der Waals surface area contributed by atoms with Crippen LogP contribution >= 0.6 is 0 Å². The molecule has 3 aromatic carbocycles. The number of benzene rings is 3. The van der Waals surface area contributed by atoms with E-state index >= 15 is 0 Å². The number of methoxy groups -OCH3 is 2. The minimum atomic E-state index is 0.655. The van der Waals surface area contributed by atoms with Crippen molar-refractivity contribution in [3.63, 3.8) is 0 Å². The molecular formula is C25H25N3O2. The summed E-state index contributed by atoms with van der Waals surface area (Å²) in [6, 6.07) is 26.4. The van der Waals surface area contributed by atoms with Crippen molar-refractivity contribution in [2.45, 2.75) is 13.1 Å². The van der Waals surface area contributed by atoms with Crippen LogP contribution in [0.4, 0.5) is 11.5 Å². The van der Waals surface area contributed by atoms with Gasteiger partial charge in [-0.2, -0.15) is 0 Å². The van der Waals surface area contributed by atoms with Gasteiger partial charge in [-0.3, -0.25) is 0 Å². The summed E-state index contributed by atoms with van der Waals surface area (Å²) in [6.07, 6.45) is 0. The van der Waals surface area contributed by atoms with Crippen LogP contribution in [0.1, 0.15) is 11.1 Å². The summed E-state index contributed by atoms with van der Waals surface area (Å²) < 4.78 is 10.7. The van der Waals surface area contributed by atoms with E-state index in [0.29, 0.717) is 6.54 Å². The first-order valence-corrected chi connectivity index (χ1v) is 9.88. The maximum absolute atomic E-state index is 5.41. The van der Waals surface area contributed by atoms with Crippen molar-refractivity contribution in [1.82, 2.24) is 4.98 Å². The molecule has 1 heterocycles. The molecular weight excluding hydrogens is 374 g/mol. The molecule has 0 aliphatic carbocycles. The number of hydrogen-bond donors (Lipinski definition) is 2. The molecule has 4 rings (SSSR count). The van der Waals surface area contributed by atoms with Crippen molar-refractivity contribution in [3.8, 4) is 11.5 Å². The van der Waals surface area contributed by atoms with Gasteiger partial charge in [0.05, 0.1) is 19.7 Å². The number of nitrogens with zero attached hydrogens (tertiary/aromatic N) is 1. The van der Waals surface area contributed by atoms with Crippen molar-refractivity contribution < 1.29 is 9.47 Å². The summed E-state index contributed by atoms with van der Waals surface area (Å²) in [5, 5.41) is 7.94. The number of ether oxygens (including phenoxy) is 2. The first kappa shape index (κ1) is 19.6. The zero-order valence-corrected chi connectivity index (χ0v) is 17.2. The van der Waals surface area contributed by atoms with E-state index in [-0.39, 0.29) is 0 Å². The van der Waals surface area contributed by atoms with Crippen molar-refractivity contribution in [2.75, 3.05) is 24.9 Å². The summed E-state index contributed by atoms with van der Waals surface area (Å²) in [7, 11) is 3.37. The Hall–Kier alpha value is -3.73. The Bertz CT molecular complexity index is 1140. The van der Waals surface area contributed by atoms with Gasteiger partial charge in [-0.1, -0.05) is 30.3 Å². The second-order valence-electron chi connectivity index (χ2n) is 6.97. The molecule has 0 saturated heterocycles. The summed E-state index contributed by atoms with van der Waals surface area (Å²) in [6.45, 7) is 1.39. The van der Waals surface area contributed by atoms with Crippen LogP contribution in [0.3, 0.4) is 0 Å². The van der Waals surface area contributed by atoms with Crippen LogP contribution in [0.15, 0.2) is 78.9 Å². The highest BCUT2D eigenvalue weighted by molar-refractivity contribution is 5.83. The molecule has 4 aromatic rings. The van der Waals surface area contributed by atoms with Gasteiger partial charge in [-0.25, -0.2) is 4.98 Å². The molecule has 0 unspecified atom stereocenters. The number of nitrogens with one attached hydrogen (secondary N) is 2. The first-order valence-electron chi connectivity index (χ1n) is 9.88. The predicted octanol–water partition coefficient (Wildman–Crippen LogP) is 5.48. The molecule has 0 radical (unpaired) electrons. The number of para-hydroxylation sites is 1. The van der Waals surface area contributed by atoms with E-state index in [0.717, 1.165) is 46.0 Å². The van der Waals surface area contributed by atoms with E-state index in [9.17, 15) is 0 Å². The molecule has 0 amide bonds. The molecule has 1 aromatic heterocycles. The van der Waals surface area contributed by atoms with E-state index < -0.39 is 0 Å². The van der Waals surface area contributed by atoms with Gasteiger partial charge in [0.15, 0.2) is 0 Å². The molecule has 0 saturated carbocycles. The lowest BCUT2D eigenvalue weighted by molar-refractivity contribution is 0.410. The van der Waals surface area contributed by atoms with E-state index in [1.165, 1.54) is 5.56 Å². The van der Waals surface area contributed by atoms with Crippen LogP contribution in [0.5, 0.6) is 11.5 Å². The van der Waals surface area contributed by atoms with Crippen LogP contribution in [0, 0.1) is 0 Å². The Labute approximate surface area is 176 Å². The first-order chi connectivity index (χ1) is 14.7. The second kappa shape index (κ2) is 9.18. The van der Waals surface area contributed by atoms with Crippen molar-refractivity contribution in [1.29, 1.82) is 0 Å². The molecule has 152 valence electrons. The SMILES string of the molecule is COc1cccc(CNc2ccc3nc(NCc4ccccc4OC)ccc3c2)c1. The standard InChI is InChI=1S/C25H25N3O2/c1-29-22-8-5-6-18(14-22)16-26-21-11-12-23-19(15-21)10-13-25(28-23)27-17-20-7-3-4-9-24(20)30-2/h3-15,26H,16-17H2,1-2H3,(H,27,28). The Balaban J connectivity index is 1.43. The van der Waals surface area contributed by atoms with Crippen LogP contribution in [0.25, 0.3) is 10.9 Å². The number of pyridine rings is 1. The monoisotopic (exact) mass is 399 g/mol. The second-order valence-corrected chi connectivity index (χ2v) is 6.97. The highest BCUT2D eigenvalue weighted by atomic mass is 16.5. The maximum Gasteiger partial charge on any atom is 0.126 e. The smallest absolute Gasteiger partial charge is 0.126 e. The minimum Gasteiger partial charge on any atom is -0.497 e. The molecule has 0 fully saturated rings. The Kier molecular flexibility index (Phi) is 5.99. The summed E-state index contributed by atoms with van der Waals surface area (Å²) in [4.78, 5) is 4.73. The third kappa shape index (κ3) is 4.63. The van der Waals surface area contributed by atoms with Gasteiger partial charge < -0.3 is 20.1 Å². The largest absolute Gasteiger partial charge is 0.497 e. The predicted molar refractivity (Wildman–Crippen MR) is 122 cm³/mol. The topological polar surface area (TPSA) is 55.4 Å². The number of fused-ring (bicyclic) bond motifs is 1. The van der Waals surface area contributed by atoms with Gasteiger partial charge in [0, 0.05) is 29.7 Å². The van der Waals surface area contributed by atoms with Gasteiger partial charge in [0.1, 0.15) is 17.3 Å². The fourth-order valence-corrected chi connectivity index (χ4v) is 3.36. The lowest BCUT2D eigenvalue weighted by Crippen LogP contribution is -2.03. The van der Waals surface area contributed by atoms with Crippen molar-refractivity contribution >= 4 is 22.4 Å². The number of aromatic nitrogens is 1. The van der Waals surface area contributed by atoms with Crippen LogP contribution in [-0.4, -0.2) is 19.2 Å². The summed E-state index contributed by atoms with van der Waals surface area (Å²) in [5.74, 6) is 2.58. The molecule has 0 atom stereocenters. The van der Waals surface area contributed by atoms with E-state index in [1.807, 2.05) is 54.6 Å². The fourth-order valence-electron chi connectivity index (χ4n) is 3.36. The number of hydrogen-bond acceptors (Lipinski definition) is 5. The molecule has 0 aliphatic rings. The number of rotatable bonds is 8. The molecule has 0 aliphatic heterocycles. The third-order valence-electron chi connectivity index (χ3n) is 4.97. The van der Waals surface area contributed by atoms with Crippen LogP contribution < -0.4 is 20.1 Å². The maximum atomic E-state index is 5.41. The molecule has 0 spiro atoms. The van der Waals surface area contributed by atoms with E-state index in [2.05, 4.69) is 34.9 Å². The number of anilines is 2. The van der Waals surface area contributed by atoms with Crippen LogP contribution in [0.2, 0.25) is 0 Å². The third-order valence-corrected chi connectivity index (χ3v) is 4.97. The van der Waals surface area contributed by atoms with Gasteiger partial charge in [-0.05, 0) is 54.1 Å². The van der Waals surface area contributed by atoms with Gasteiger partial charge in [0.2, 0.25) is 0 Å². The lowest BCUT2D eigenvalue weighted by Gasteiger charge is -2.11. The van der Waals surface area contributed by atoms with Crippen LogP contribution in [-0.2, 0) is 13.1 Å². The van der Waals surface area contributed by atoms with E-state index in [4.69, 9.17) is 14.5 Å². The zero-order valence-electron chi connectivity index (χ0n) is 17.2. The molecule has 5 nitrogen and oxygen atoms in total. The lowest BCUT2D eigenvalue weighted by atomic mass is 10.1. The van der Waals surface area contributed by atoms with Crippen molar-refractivity contribution in [3.05, 3.63) is 90.0 Å². The quantitative estimate of drug-likeness (QED) is 0.411. The zero-order chi connectivity index (χ0) is 20.8. The average Bonchev–Trinajstić information content (AvgIpc) is 2.81. The van der Waals surface area contributed by atoms with Gasteiger partial charge >= 0.3 is 0 Å². The van der Waals surface area contributed by atoms with Gasteiger partial charge in [-0.15, -0.1) is 0 Å². The average molecular weight is 399 g/mol.